The summed E-state index contributed by atoms with van der Waals surface area (Å²) < 4.78 is 58.5. The number of hydrogen-bond donors (Lipinski definition) is 1. The highest BCUT2D eigenvalue weighted by atomic mass is 19.1. The molecule has 4 nitrogen and oxygen atoms in total. The van der Waals surface area contributed by atoms with Crippen molar-refractivity contribution >= 4 is 11.9 Å². The lowest BCUT2D eigenvalue weighted by Gasteiger charge is -2.22. The Labute approximate surface area is 165 Å². The summed E-state index contributed by atoms with van der Waals surface area (Å²) >= 11 is 0. The maximum atomic E-state index is 13.7. The van der Waals surface area contributed by atoms with Gasteiger partial charge in [-0.2, -0.15) is 0 Å². The Morgan fingerprint density at radius 3 is 1.90 bits per heavy atom. The van der Waals surface area contributed by atoms with Gasteiger partial charge in [0.1, 0.15) is 29.4 Å². The monoisotopic (exact) mass is 411 g/mol. The average molecular weight is 411 g/mol. The zero-order valence-corrected chi connectivity index (χ0v) is 16.0. The summed E-state index contributed by atoms with van der Waals surface area (Å²) in [4.78, 5) is 24.1. The smallest absolute Gasteiger partial charge is 0.310 e. The molecule has 0 saturated carbocycles. The number of rotatable bonds is 8. The second-order valence-corrected chi connectivity index (χ2v) is 6.90. The zero-order chi connectivity index (χ0) is 21.6. The van der Waals surface area contributed by atoms with E-state index in [9.17, 15) is 27.2 Å². The standard InChI is InChI=1S/C21H21F4NO3/c1-12(2)19(29-21(28)8-14-4-6-16(23)10-18(14)25)11-26-20(27)7-13-3-5-15(22)9-17(13)24/h3-6,9-10,12,19H,7-8,11H2,1-2H3,(H,26,27). The molecule has 0 radical (unpaired) electrons. The third kappa shape index (κ3) is 6.89. The summed E-state index contributed by atoms with van der Waals surface area (Å²) in [6.45, 7) is 3.50. The van der Waals surface area contributed by atoms with Crippen LogP contribution in [0.25, 0.3) is 0 Å². The van der Waals surface area contributed by atoms with Gasteiger partial charge in [0, 0.05) is 12.1 Å². The summed E-state index contributed by atoms with van der Waals surface area (Å²) in [6.07, 6.45) is -1.39. The number of carbonyl (C=O) groups excluding carboxylic acids is 2. The van der Waals surface area contributed by atoms with E-state index in [4.69, 9.17) is 4.74 Å². The predicted octanol–water partition coefficient (Wildman–Crippen LogP) is 3.71. The molecule has 2 aromatic carbocycles. The molecule has 0 aromatic heterocycles. The number of benzene rings is 2. The van der Waals surface area contributed by atoms with E-state index in [0.29, 0.717) is 12.1 Å². The van der Waals surface area contributed by atoms with Crippen LogP contribution in [-0.2, 0) is 27.2 Å². The first kappa shape index (κ1) is 22.4. The van der Waals surface area contributed by atoms with E-state index in [1.165, 1.54) is 6.07 Å². The SMILES string of the molecule is CC(C)C(CNC(=O)Cc1ccc(F)cc1F)OC(=O)Cc1ccc(F)cc1F. The van der Waals surface area contributed by atoms with Crippen molar-refractivity contribution in [1.29, 1.82) is 0 Å². The van der Waals surface area contributed by atoms with Gasteiger partial charge in [-0.1, -0.05) is 26.0 Å². The Bertz CT molecular complexity index is 886. The van der Waals surface area contributed by atoms with Crippen LogP contribution in [0.4, 0.5) is 17.6 Å². The first-order valence-corrected chi connectivity index (χ1v) is 8.99. The molecule has 1 N–H and O–H groups in total. The first-order chi connectivity index (χ1) is 13.7. The van der Waals surface area contributed by atoms with Gasteiger partial charge in [-0.25, -0.2) is 17.6 Å². The zero-order valence-electron chi connectivity index (χ0n) is 16.0. The topological polar surface area (TPSA) is 55.4 Å². The molecule has 1 amide bonds. The third-order valence-corrected chi connectivity index (χ3v) is 4.24. The molecular weight excluding hydrogens is 390 g/mol. The molecule has 0 spiro atoms. The number of hydrogen-bond acceptors (Lipinski definition) is 3. The van der Waals surface area contributed by atoms with Crippen LogP contribution in [0.1, 0.15) is 25.0 Å². The molecule has 2 rings (SSSR count). The molecule has 0 aliphatic rings. The number of nitrogens with one attached hydrogen (secondary N) is 1. The summed E-state index contributed by atoms with van der Waals surface area (Å²) in [6, 6.07) is 5.81. The van der Waals surface area contributed by atoms with Gasteiger partial charge >= 0.3 is 5.97 Å². The lowest BCUT2D eigenvalue weighted by atomic mass is 10.1. The van der Waals surface area contributed by atoms with Crippen molar-refractivity contribution in [1.82, 2.24) is 5.32 Å². The van der Waals surface area contributed by atoms with Gasteiger partial charge in [0.2, 0.25) is 5.91 Å². The molecule has 2 aromatic rings. The van der Waals surface area contributed by atoms with Gasteiger partial charge in [-0.15, -0.1) is 0 Å². The lowest BCUT2D eigenvalue weighted by molar-refractivity contribution is -0.150. The molecule has 1 unspecified atom stereocenters. The van der Waals surface area contributed by atoms with E-state index in [-0.39, 0.29) is 36.4 Å². The van der Waals surface area contributed by atoms with Gasteiger partial charge in [0.25, 0.3) is 0 Å². The van der Waals surface area contributed by atoms with Crippen LogP contribution in [-0.4, -0.2) is 24.5 Å². The van der Waals surface area contributed by atoms with Crippen LogP contribution in [0, 0.1) is 29.2 Å². The molecule has 0 heterocycles. The van der Waals surface area contributed by atoms with Gasteiger partial charge in [0.05, 0.1) is 19.4 Å². The number of amides is 1. The molecule has 0 aliphatic heterocycles. The Balaban J connectivity index is 1.90. The largest absolute Gasteiger partial charge is 0.460 e. The molecule has 8 heteroatoms. The highest BCUT2D eigenvalue weighted by Crippen LogP contribution is 2.14. The predicted molar refractivity (Wildman–Crippen MR) is 97.9 cm³/mol. The van der Waals surface area contributed by atoms with E-state index in [1.54, 1.807) is 13.8 Å². The summed E-state index contributed by atoms with van der Waals surface area (Å²) in [5.41, 5.74) is 0.0310. The maximum Gasteiger partial charge on any atom is 0.310 e. The minimum atomic E-state index is -0.849. The Morgan fingerprint density at radius 1 is 0.897 bits per heavy atom. The molecule has 29 heavy (non-hydrogen) atoms. The first-order valence-electron chi connectivity index (χ1n) is 8.99. The number of halogens is 4. The lowest BCUT2D eigenvalue weighted by Crippen LogP contribution is -2.38. The van der Waals surface area contributed by atoms with Crippen LogP contribution in [0.15, 0.2) is 36.4 Å². The van der Waals surface area contributed by atoms with Crippen molar-refractivity contribution in [3.05, 3.63) is 70.8 Å². The minimum Gasteiger partial charge on any atom is -0.460 e. The van der Waals surface area contributed by atoms with Crippen LogP contribution < -0.4 is 5.32 Å². The van der Waals surface area contributed by atoms with Crippen LogP contribution in [0.5, 0.6) is 0 Å². The fourth-order valence-corrected chi connectivity index (χ4v) is 2.56. The molecule has 1 atom stereocenters. The molecule has 156 valence electrons. The average Bonchev–Trinajstić information content (AvgIpc) is 2.63. The number of esters is 1. The quantitative estimate of drug-likeness (QED) is 0.532. The molecule has 0 fully saturated rings. The van der Waals surface area contributed by atoms with Crippen molar-refractivity contribution in [3.8, 4) is 0 Å². The number of ether oxygens (including phenoxy) is 1. The van der Waals surface area contributed by atoms with E-state index in [0.717, 1.165) is 18.2 Å². The summed E-state index contributed by atoms with van der Waals surface area (Å²) in [7, 11) is 0. The van der Waals surface area contributed by atoms with Gasteiger partial charge in [-0.05, 0) is 29.2 Å². The Hall–Kier alpha value is -2.90. The van der Waals surface area contributed by atoms with Crippen molar-refractivity contribution in [2.24, 2.45) is 5.92 Å². The van der Waals surface area contributed by atoms with E-state index in [2.05, 4.69) is 5.32 Å². The van der Waals surface area contributed by atoms with Crippen molar-refractivity contribution in [3.63, 3.8) is 0 Å². The fourth-order valence-electron chi connectivity index (χ4n) is 2.56. The van der Waals surface area contributed by atoms with Gasteiger partial charge in [-0.3, -0.25) is 9.59 Å². The molecule has 0 aliphatic carbocycles. The Kier molecular flexibility index (Phi) is 7.75. The van der Waals surface area contributed by atoms with Gasteiger partial charge < -0.3 is 10.1 Å². The van der Waals surface area contributed by atoms with E-state index < -0.39 is 41.2 Å². The third-order valence-electron chi connectivity index (χ3n) is 4.24. The summed E-state index contributed by atoms with van der Waals surface area (Å²) in [5.74, 6) is -4.59. The van der Waals surface area contributed by atoms with Gasteiger partial charge in [0.15, 0.2) is 0 Å². The van der Waals surface area contributed by atoms with Crippen LogP contribution >= 0.6 is 0 Å². The molecule has 0 saturated heterocycles. The van der Waals surface area contributed by atoms with Crippen LogP contribution in [0.2, 0.25) is 0 Å². The number of carbonyl (C=O) groups is 2. The maximum absolute atomic E-state index is 13.7. The second-order valence-electron chi connectivity index (χ2n) is 6.90. The van der Waals surface area contributed by atoms with E-state index in [1.807, 2.05) is 0 Å². The van der Waals surface area contributed by atoms with Crippen molar-refractivity contribution < 1.29 is 31.9 Å². The second kappa shape index (κ2) is 10.0. The summed E-state index contributed by atoms with van der Waals surface area (Å²) in [5, 5.41) is 2.54. The molecule has 0 bridgehead atoms. The fraction of sp³-hybridized carbons (Fsp3) is 0.333. The van der Waals surface area contributed by atoms with Crippen molar-refractivity contribution in [2.75, 3.05) is 6.54 Å². The minimum absolute atomic E-state index is 0.00488. The highest BCUT2D eigenvalue weighted by Gasteiger charge is 2.21. The normalized spacial score (nSPS) is 12.0. The molecular formula is C21H21F4NO3. The highest BCUT2D eigenvalue weighted by molar-refractivity contribution is 5.78. The van der Waals surface area contributed by atoms with E-state index >= 15 is 0 Å². The van der Waals surface area contributed by atoms with Crippen molar-refractivity contribution in [2.45, 2.75) is 32.8 Å². The Morgan fingerprint density at radius 2 is 1.41 bits per heavy atom. The van der Waals surface area contributed by atoms with Crippen LogP contribution in [0.3, 0.4) is 0 Å².